The van der Waals surface area contributed by atoms with Crippen molar-refractivity contribution in [2.45, 2.75) is 53.0 Å². The predicted molar refractivity (Wildman–Crippen MR) is 251 cm³/mol. The summed E-state index contributed by atoms with van der Waals surface area (Å²) in [5, 5.41) is 25.3. The molecule has 7 aromatic rings. The molecule has 0 bridgehead atoms. The van der Waals surface area contributed by atoms with Gasteiger partial charge in [0.05, 0.1) is 44.3 Å². The number of fused-ring (bicyclic) bond motifs is 2. The maximum absolute atomic E-state index is 12.3. The molecule has 0 saturated carbocycles. The van der Waals surface area contributed by atoms with E-state index in [9.17, 15) is 10.2 Å². The zero-order valence-corrected chi connectivity index (χ0v) is 36.3. The van der Waals surface area contributed by atoms with Gasteiger partial charge in [-0.25, -0.2) is 0 Å². The second-order valence-electron chi connectivity index (χ2n) is 15.9. The predicted octanol–water partition coefficient (Wildman–Crippen LogP) is 12.8. The van der Waals surface area contributed by atoms with E-state index >= 15 is 0 Å². The van der Waals surface area contributed by atoms with Crippen LogP contribution in [-0.2, 0) is 6.42 Å². The number of rotatable bonds is 12. The van der Waals surface area contributed by atoms with Gasteiger partial charge < -0.3 is 38.6 Å². The van der Waals surface area contributed by atoms with Crippen molar-refractivity contribution >= 4 is 22.3 Å². The summed E-state index contributed by atoms with van der Waals surface area (Å²) in [7, 11) is 3.27. The van der Waals surface area contributed by atoms with Crippen molar-refractivity contribution in [1.82, 2.24) is 4.57 Å². The summed E-state index contributed by atoms with van der Waals surface area (Å²) in [6.45, 7) is 9.01. The number of nitrogens with zero attached hydrogens (tertiary/aromatic N) is 2. The topological polar surface area (TPSA) is 85.5 Å². The van der Waals surface area contributed by atoms with Gasteiger partial charge in [0.1, 0.15) is 34.5 Å². The number of aryl methyl sites for hydroxylation is 3. The van der Waals surface area contributed by atoms with Gasteiger partial charge in [-0.05, 0) is 136 Å². The molecule has 1 aromatic heterocycles. The lowest BCUT2D eigenvalue weighted by molar-refractivity contribution is 0.248. The molecule has 0 spiro atoms. The Hall–Kier alpha value is -7.06. The molecule has 0 saturated heterocycles. The van der Waals surface area contributed by atoms with Gasteiger partial charge in [0.25, 0.3) is 0 Å². The SMILES string of the molecule is COc1ccc(OCCCOc2ccc(OC)cc2-c2cc(C)cc(-n3cc(C)c4ccccc43)c2O)c(-c2cc(C)cc(N3c4ccccc4C/C=C\C/C=C\C3C)c2O)c1. The highest BCUT2D eigenvalue weighted by Crippen LogP contribution is 2.47. The van der Waals surface area contributed by atoms with Crippen LogP contribution < -0.4 is 23.8 Å². The van der Waals surface area contributed by atoms with E-state index in [1.165, 1.54) is 5.56 Å². The molecule has 316 valence electrons. The van der Waals surface area contributed by atoms with Crippen molar-refractivity contribution in [2.24, 2.45) is 0 Å². The summed E-state index contributed by atoms with van der Waals surface area (Å²) in [4.78, 5) is 2.23. The number of methoxy groups -OCH3 is 2. The number of ether oxygens (including phenoxy) is 4. The van der Waals surface area contributed by atoms with Gasteiger partial charge in [0.15, 0.2) is 0 Å². The molecule has 0 amide bonds. The normalized spacial score (nSPS) is 14.9. The highest BCUT2D eigenvalue weighted by atomic mass is 16.5. The highest BCUT2D eigenvalue weighted by Gasteiger charge is 2.25. The van der Waals surface area contributed by atoms with Crippen LogP contribution in [0, 0.1) is 20.8 Å². The first-order valence-electron chi connectivity index (χ1n) is 21.2. The molecular formula is C54H54N2O6. The maximum atomic E-state index is 12.3. The van der Waals surface area contributed by atoms with Crippen LogP contribution in [0.2, 0.25) is 0 Å². The maximum Gasteiger partial charge on any atom is 0.147 e. The number of allylic oxidation sites excluding steroid dienone is 3. The summed E-state index contributed by atoms with van der Waals surface area (Å²) in [5.74, 6) is 2.85. The minimum absolute atomic E-state index is 0.0311. The molecule has 1 atom stereocenters. The fourth-order valence-electron chi connectivity index (χ4n) is 8.45. The Balaban J connectivity index is 1.06. The molecule has 62 heavy (non-hydrogen) atoms. The third kappa shape index (κ3) is 8.46. The Morgan fingerprint density at radius 2 is 1.21 bits per heavy atom. The molecule has 0 fully saturated rings. The number of hydrogen-bond acceptors (Lipinski definition) is 7. The molecule has 8 heteroatoms. The number of aromatic hydroxyl groups is 2. The quantitative estimate of drug-likeness (QED) is 0.0937. The van der Waals surface area contributed by atoms with E-state index in [1.54, 1.807) is 14.2 Å². The van der Waals surface area contributed by atoms with Gasteiger partial charge >= 0.3 is 0 Å². The number of phenols is 2. The molecule has 2 heterocycles. The molecule has 2 N–H and O–H groups in total. The number of benzene rings is 6. The fourth-order valence-corrected chi connectivity index (χ4v) is 8.45. The standard InChI is InChI=1S/C54H54N2O6/c1-35-28-45(53(57)49(30-35)55-34-37(3)42-19-12-14-21-48(42)55)43-32-40(59-5)22-24-51(43)61-26-15-27-62-52-25-23-41(60-6)33-44(52)46-29-36(2)31-50(54(46)58)56-38(4)16-9-7-8-10-17-39-18-11-13-20-47(39)56/h8-14,16,18-25,28-34,38,57-58H,7,15,17,26-27H2,1-6H3/b10-8-,16-9-. The van der Waals surface area contributed by atoms with Crippen LogP contribution in [-0.4, -0.2) is 48.3 Å². The van der Waals surface area contributed by atoms with E-state index in [2.05, 4.69) is 86.5 Å². The van der Waals surface area contributed by atoms with Crippen molar-refractivity contribution < 1.29 is 29.2 Å². The Bertz CT molecular complexity index is 2800. The van der Waals surface area contributed by atoms with Crippen LogP contribution >= 0.6 is 0 Å². The van der Waals surface area contributed by atoms with Gasteiger partial charge in [0, 0.05) is 52.0 Å². The van der Waals surface area contributed by atoms with Crippen molar-refractivity contribution in [3.8, 4) is 62.4 Å². The molecule has 1 unspecified atom stereocenters. The summed E-state index contributed by atoms with van der Waals surface area (Å²) < 4.78 is 26.3. The van der Waals surface area contributed by atoms with Gasteiger partial charge in [-0.15, -0.1) is 0 Å². The number of aromatic nitrogens is 1. The largest absolute Gasteiger partial charge is 0.505 e. The third-order valence-electron chi connectivity index (χ3n) is 11.5. The second-order valence-corrected chi connectivity index (χ2v) is 15.9. The summed E-state index contributed by atoms with van der Waals surface area (Å²) in [6.07, 6.45) is 13.0. The monoisotopic (exact) mass is 826 g/mol. The minimum Gasteiger partial charge on any atom is -0.505 e. The van der Waals surface area contributed by atoms with Gasteiger partial charge in [0.2, 0.25) is 0 Å². The highest BCUT2D eigenvalue weighted by molar-refractivity contribution is 5.89. The Morgan fingerprint density at radius 1 is 0.613 bits per heavy atom. The fraction of sp³-hybridized carbons (Fsp3) is 0.222. The molecule has 1 aliphatic heterocycles. The molecular weight excluding hydrogens is 773 g/mol. The lowest BCUT2D eigenvalue weighted by atomic mass is 9.97. The Kier molecular flexibility index (Phi) is 12.3. The third-order valence-corrected chi connectivity index (χ3v) is 11.5. The summed E-state index contributed by atoms with van der Waals surface area (Å²) >= 11 is 0. The van der Waals surface area contributed by atoms with Gasteiger partial charge in [-0.3, -0.25) is 0 Å². The average molecular weight is 827 g/mol. The van der Waals surface area contributed by atoms with E-state index in [1.807, 2.05) is 90.4 Å². The smallest absolute Gasteiger partial charge is 0.147 e. The summed E-state index contributed by atoms with van der Waals surface area (Å²) in [5.41, 5.74) is 10.5. The second kappa shape index (κ2) is 18.3. The first kappa shape index (κ1) is 41.7. The first-order chi connectivity index (χ1) is 30.1. The van der Waals surface area contributed by atoms with E-state index in [0.29, 0.717) is 59.4 Å². The van der Waals surface area contributed by atoms with E-state index in [0.717, 1.165) is 62.9 Å². The number of para-hydroxylation sites is 2. The summed E-state index contributed by atoms with van der Waals surface area (Å²) in [6, 6.07) is 35.9. The van der Waals surface area contributed by atoms with Crippen LogP contribution in [0.4, 0.5) is 11.4 Å². The zero-order chi connectivity index (χ0) is 43.3. The molecule has 1 aliphatic rings. The van der Waals surface area contributed by atoms with Gasteiger partial charge in [-0.1, -0.05) is 60.7 Å². The van der Waals surface area contributed by atoms with Crippen LogP contribution in [0.25, 0.3) is 38.8 Å². The number of anilines is 2. The molecule has 0 radical (unpaired) electrons. The van der Waals surface area contributed by atoms with Crippen LogP contribution in [0.3, 0.4) is 0 Å². The Labute approximate surface area is 364 Å². The first-order valence-corrected chi connectivity index (χ1v) is 21.2. The van der Waals surface area contributed by atoms with Crippen molar-refractivity contribution in [3.05, 3.63) is 162 Å². The zero-order valence-electron chi connectivity index (χ0n) is 36.3. The molecule has 8 rings (SSSR count). The van der Waals surface area contributed by atoms with E-state index in [4.69, 9.17) is 18.9 Å². The van der Waals surface area contributed by atoms with Crippen molar-refractivity contribution in [1.29, 1.82) is 0 Å². The average Bonchev–Trinajstić information content (AvgIpc) is 3.62. The Morgan fingerprint density at radius 3 is 1.87 bits per heavy atom. The van der Waals surface area contributed by atoms with E-state index in [-0.39, 0.29) is 17.5 Å². The van der Waals surface area contributed by atoms with Crippen molar-refractivity contribution in [2.75, 3.05) is 32.3 Å². The molecule has 6 aromatic carbocycles. The van der Waals surface area contributed by atoms with Crippen LogP contribution in [0.1, 0.15) is 42.0 Å². The van der Waals surface area contributed by atoms with Gasteiger partial charge in [-0.2, -0.15) is 0 Å². The minimum atomic E-state index is -0.0311. The lowest BCUT2D eigenvalue weighted by Gasteiger charge is -2.33. The number of phenolic OH excluding ortho intramolecular Hbond substituents is 2. The lowest BCUT2D eigenvalue weighted by Crippen LogP contribution is -2.28. The van der Waals surface area contributed by atoms with Crippen LogP contribution in [0.15, 0.2) is 140 Å². The van der Waals surface area contributed by atoms with Crippen molar-refractivity contribution in [3.63, 3.8) is 0 Å². The van der Waals surface area contributed by atoms with Crippen LogP contribution in [0.5, 0.6) is 34.5 Å². The number of hydrogen-bond donors (Lipinski definition) is 2. The molecule has 0 aliphatic carbocycles. The molecule has 8 nitrogen and oxygen atoms in total. The van der Waals surface area contributed by atoms with E-state index < -0.39 is 0 Å².